The molecule has 0 radical (unpaired) electrons. The van der Waals surface area contributed by atoms with Crippen LogP contribution < -0.4 is 11.1 Å². The van der Waals surface area contributed by atoms with Crippen molar-refractivity contribution in [3.05, 3.63) is 59.2 Å². The third kappa shape index (κ3) is 2.08. The summed E-state index contributed by atoms with van der Waals surface area (Å²) < 4.78 is 6.24. The highest BCUT2D eigenvalue weighted by Gasteiger charge is 2.12. The number of nitrogens with zero attached hydrogens (tertiary/aromatic N) is 3. The monoisotopic (exact) mass is 256 g/mol. The summed E-state index contributed by atoms with van der Waals surface area (Å²) in [4.78, 5) is 23.6. The summed E-state index contributed by atoms with van der Waals surface area (Å²) >= 11 is 0. The fourth-order valence-corrected chi connectivity index (χ4v) is 1.68. The normalized spacial score (nSPS) is 10.5. The SMILES string of the molecule is O=C(Nn1cnnc1)c1cc2ccccc2c(=O)o1. The Kier molecular flexibility index (Phi) is 2.57. The van der Waals surface area contributed by atoms with Crippen LogP contribution in [0.5, 0.6) is 0 Å². The number of carbonyl (C=O) groups is 1. The standard InChI is InChI=1S/C12H8N4O3/c17-11(15-16-6-13-14-7-16)10-5-8-3-1-2-4-9(8)12(18)19-10/h1-7H,(H,15,17). The van der Waals surface area contributed by atoms with E-state index in [0.29, 0.717) is 10.8 Å². The van der Waals surface area contributed by atoms with Crippen LogP contribution in [0.2, 0.25) is 0 Å². The second kappa shape index (κ2) is 4.37. The van der Waals surface area contributed by atoms with Gasteiger partial charge in [0.2, 0.25) is 0 Å². The second-order valence-corrected chi connectivity index (χ2v) is 3.80. The molecule has 2 heterocycles. The van der Waals surface area contributed by atoms with Gasteiger partial charge in [0.15, 0.2) is 5.76 Å². The molecule has 7 nitrogen and oxygen atoms in total. The number of benzene rings is 1. The number of fused-ring (bicyclic) bond motifs is 1. The van der Waals surface area contributed by atoms with Gasteiger partial charge in [-0.2, -0.15) is 0 Å². The molecule has 3 rings (SSSR count). The molecular formula is C12H8N4O3. The van der Waals surface area contributed by atoms with Crippen molar-refractivity contribution in [2.75, 3.05) is 5.43 Å². The molecule has 19 heavy (non-hydrogen) atoms. The molecule has 0 bridgehead atoms. The van der Waals surface area contributed by atoms with E-state index in [9.17, 15) is 9.59 Å². The number of hydrogen-bond acceptors (Lipinski definition) is 5. The Hall–Kier alpha value is -2.96. The van der Waals surface area contributed by atoms with Crippen molar-refractivity contribution >= 4 is 16.7 Å². The average molecular weight is 256 g/mol. The van der Waals surface area contributed by atoms with Gasteiger partial charge in [-0.3, -0.25) is 10.2 Å². The van der Waals surface area contributed by atoms with Crippen molar-refractivity contribution in [1.82, 2.24) is 14.9 Å². The molecule has 3 aromatic rings. The molecule has 0 fully saturated rings. The van der Waals surface area contributed by atoms with Crippen LogP contribution in [0.15, 0.2) is 52.2 Å². The number of amides is 1. The van der Waals surface area contributed by atoms with E-state index in [4.69, 9.17) is 4.42 Å². The fourth-order valence-electron chi connectivity index (χ4n) is 1.68. The predicted octanol–water partition coefficient (Wildman–Crippen LogP) is 0.768. The highest BCUT2D eigenvalue weighted by Crippen LogP contribution is 2.11. The molecule has 0 saturated carbocycles. The van der Waals surface area contributed by atoms with Crippen molar-refractivity contribution in [2.45, 2.75) is 0 Å². The topological polar surface area (TPSA) is 90.0 Å². The molecule has 0 spiro atoms. The molecule has 0 aliphatic rings. The number of hydrogen-bond donors (Lipinski definition) is 1. The zero-order valence-corrected chi connectivity index (χ0v) is 9.61. The molecule has 1 N–H and O–H groups in total. The molecule has 2 aromatic heterocycles. The van der Waals surface area contributed by atoms with Gasteiger partial charge in [0.25, 0.3) is 0 Å². The lowest BCUT2D eigenvalue weighted by Gasteiger charge is -2.04. The Morgan fingerprint density at radius 3 is 2.74 bits per heavy atom. The van der Waals surface area contributed by atoms with E-state index < -0.39 is 11.5 Å². The lowest BCUT2D eigenvalue weighted by molar-refractivity contribution is 0.0978. The van der Waals surface area contributed by atoms with Crippen molar-refractivity contribution in [1.29, 1.82) is 0 Å². The second-order valence-electron chi connectivity index (χ2n) is 3.80. The highest BCUT2D eigenvalue weighted by atomic mass is 16.4. The first-order chi connectivity index (χ1) is 9.24. The van der Waals surface area contributed by atoms with Gasteiger partial charge in [0, 0.05) is 0 Å². The van der Waals surface area contributed by atoms with Crippen molar-refractivity contribution < 1.29 is 9.21 Å². The molecule has 0 saturated heterocycles. The summed E-state index contributed by atoms with van der Waals surface area (Å²) in [5.41, 5.74) is 1.90. The Morgan fingerprint density at radius 1 is 1.21 bits per heavy atom. The zero-order chi connectivity index (χ0) is 13.2. The summed E-state index contributed by atoms with van der Waals surface area (Å²) in [5.74, 6) is -0.625. The van der Waals surface area contributed by atoms with Crippen LogP contribution in [0.3, 0.4) is 0 Å². The summed E-state index contributed by atoms with van der Waals surface area (Å²) in [6.07, 6.45) is 2.63. The highest BCUT2D eigenvalue weighted by molar-refractivity contribution is 5.99. The third-order valence-electron chi connectivity index (χ3n) is 2.54. The Balaban J connectivity index is 2.01. The van der Waals surface area contributed by atoms with E-state index >= 15 is 0 Å². The van der Waals surface area contributed by atoms with Gasteiger partial charge in [0.05, 0.1) is 5.39 Å². The molecule has 1 aromatic carbocycles. The van der Waals surface area contributed by atoms with Crippen LogP contribution in [-0.2, 0) is 0 Å². The first-order valence-electron chi connectivity index (χ1n) is 5.43. The fraction of sp³-hybridized carbons (Fsp3) is 0. The molecule has 0 unspecified atom stereocenters. The minimum absolute atomic E-state index is 0.0719. The zero-order valence-electron chi connectivity index (χ0n) is 9.61. The smallest absolute Gasteiger partial charge is 0.344 e. The maximum atomic E-state index is 11.9. The first kappa shape index (κ1) is 11.1. The van der Waals surface area contributed by atoms with E-state index in [0.717, 1.165) is 0 Å². The number of carbonyl (C=O) groups excluding carboxylic acids is 1. The third-order valence-corrected chi connectivity index (χ3v) is 2.54. The van der Waals surface area contributed by atoms with Crippen LogP contribution in [0.25, 0.3) is 10.8 Å². The molecular weight excluding hydrogens is 248 g/mol. The molecule has 1 amide bonds. The predicted molar refractivity (Wildman–Crippen MR) is 66.2 cm³/mol. The largest absolute Gasteiger partial charge is 0.417 e. The Bertz CT molecular complexity index is 792. The molecule has 0 atom stereocenters. The molecule has 0 aliphatic heterocycles. The van der Waals surface area contributed by atoms with E-state index in [-0.39, 0.29) is 5.76 Å². The number of rotatable bonds is 2. The van der Waals surface area contributed by atoms with Gasteiger partial charge in [-0.1, -0.05) is 18.2 Å². The van der Waals surface area contributed by atoms with E-state index in [1.807, 2.05) is 0 Å². The maximum absolute atomic E-state index is 11.9. The lowest BCUT2D eigenvalue weighted by Crippen LogP contribution is -2.22. The number of nitrogens with one attached hydrogen (secondary N) is 1. The summed E-state index contributed by atoms with van der Waals surface area (Å²) in [6, 6.07) is 8.40. The van der Waals surface area contributed by atoms with Crippen LogP contribution in [-0.4, -0.2) is 20.8 Å². The van der Waals surface area contributed by atoms with Crippen molar-refractivity contribution in [2.24, 2.45) is 0 Å². The van der Waals surface area contributed by atoms with Crippen LogP contribution >= 0.6 is 0 Å². The van der Waals surface area contributed by atoms with Crippen molar-refractivity contribution in [3.63, 3.8) is 0 Å². The van der Waals surface area contributed by atoms with E-state index in [1.165, 1.54) is 23.4 Å². The summed E-state index contributed by atoms with van der Waals surface area (Å²) in [5, 5.41) is 8.16. The van der Waals surface area contributed by atoms with Crippen LogP contribution in [0.4, 0.5) is 0 Å². The molecule has 0 aliphatic carbocycles. The van der Waals surface area contributed by atoms with Gasteiger partial charge in [0.1, 0.15) is 12.7 Å². The Labute approximate surface area is 106 Å². The quantitative estimate of drug-likeness (QED) is 0.731. The van der Waals surface area contributed by atoms with Gasteiger partial charge < -0.3 is 4.42 Å². The van der Waals surface area contributed by atoms with E-state index in [1.54, 1.807) is 24.3 Å². The van der Waals surface area contributed by atoms with Gasteiger partial charge in [-0.25, -0.2) is 9.47 Å². The molecule has 94 valence electrons. The Morgan fingerprint density at radius 2 is 1.95 bits per heavy atom. The molecule has 7 heteroatoms. The number of aromatic nitrogens is 3. The minimum atomic E-state index is -0.553. The van der Waals surface area contributed by atoms with Crippen molar-refractivity contribution in [3.8, 4) is 0 Å². The average Bonchev–Trinajstić information content (AvgIpc) is 2.91. The van der Waals surface area contributed by atoms with Gasteiger partial charge >= 0.3 is 11.5 Å². The van der Waals surface area contributed by atoms with Gasteiger partial charge in [-0.05, 0) is 17.5 Å². The lowest BCUT2D eigenvalue weighted by atomic mass is 10.1. The minimum Gasteiger partial charge on any atom is -0.417 e. The first-order valence-corrected chi connectivity index (χ1v) is 5.43. The van der Waals surface area contributed by atoms with E-state index in [2.05, 4.69) is 15.6 Å². The van der Waals surface area contributed by atoms with Crippen LogP contribution in [0.1, 0.15) is 10.6 Å². The van der Waals surface area contributed by atoms with Crippen LogP contribution in [0, 0.1) is 0 Å². The maximum Gasteiger partial charge on any atom is 0.344 e. The van der Waals surface area contributed by atoms with Gasteiger partial charge in [-0.15, -0.1) is 10.2 Å². The summed E-state index contributed by atoms with van der Waals surface area (Å²) in [6.45, 7) is 0. The summed E-state index contributed by atoms with van der Waals surface area (Å²) in [7, 11) is 0.